The van der Waals surface area contributed by atoms with Crippen molar-refractivity contribution < 1.29 is 23.5 Å². The highest BCUT2D eigenvalue weighted by Crippen LogP contribution is 2.25. The van der Waals surface area contributed by atoms with Crippen molar-refractivity contribution in [3.05, 3.63) is 76.9 Å². The quantitative estimate of drug-likeness (QED) is 0.566. The third kappa shape index (κ3) is 5.17. The summed E-state index contributed by atoms with van der Waals surface area (Å²) in [7, 11) is 1.30. The first-order valence-corrected chi connectivity index (χ1v) is 9.41. The summed E-state index contributed by atoms with van der Waals surface area (Å²) in [5, 5.41) is 4.95. The minimum absolute atomic E-state index is 0.197. The van der Waals surface area contributed by atoms with E-state index in [1.165, 1.54) is 30.6 Å². The van der Waals surface area contributed by atoms with E-state index in [1.54, 1.807) is 29.6 Å². The number of rotatable bonds is 7. The van der Waals surface area contributed by atoms with Crippen LogP contribution in [-0.2, 0) is 16.0 Å². The molecular weight excluding hydrogens is 381 g/mol. The fraction of sp³-hybridized carbons (Fsp3) is 0.143. The molecule has 0 aliphatic carbocycles. The van der Waals surface area contributed by atoms with Gasteiger partial charge in [0.05, 0.1) is 12.7 Å². The maximum Gasteiger partial charge on any atom is 0.340 e. The van der Waals surface area contributed by atoms with Crippen LogP contribution in [0.15, 0.2) is 60.0 Å². The van der Waals surface area contributed by atoms with E-state index < -0.39 is 5.97 Å². The van der Waals surface area contributed by atoms with Crippen molar-refractivity contribution >= 4 is 28.2 Å². The summed E-state index contributed by atoms with van der Waals surface area (Å²) >= 11 is 1.27. The first kappa shape index (κ1) is 19.6. The molecule has 5 nitrogen and oxygen atoms in total. The van der Waals surface area contributed by atoms with E-state index in [-0.39, 0.29) is 18.1 Å². The van der Waals surface area contributed by atoms with E-state index in [9.17, 15) is 14.0 Å². The number of hydrogen-bond acceptors (Lipinski definition) is 5. The summed E-state index contributed by atoms with van der Waals surface area (Å²) in [4.78, 5) is 23.9. The highest BCUT2D eigenvalue weighted by molar-refractivity contribution is 7.14. The Labute approximate surface area is 165 Å². The van der Waals surface area contributed by atoms with Gasteiger partial charge in [-0.05, 0) is 59.8 Å². The molecule has 0 radical (unpaired) electrons. The summed E-state index contributed by atoms with van der Waals surface area (Å²) in [6, 6.07) is 14.7. The molecule has 28 heavy (non-hydrogen) atoms. The number of aryl methyl sites for hydroxylation is 1. The first-order chi connectivity index (χ1) is 13.5. The smallest absolute Gasteiger partial charge is 0.340 e. The normalized spacial score (nSPS) is 10.4. The van der Waals surface area contributed by atoms with Gasteiger partial charge in [-0.25, -0.2) is 9.18 Å². The molecule has 144 valence electrons. The number of hydrogen-bond donors (Lipinski definition) is 1. The molecular formula is C21H18FNO4S. The zero-order chi connectivity index (χ0) is 19.9. The van der Waals surface area contributed by atoms with E-state index in [1.807, 2.05) is 18.2 Å². The molecule has 2 aromatic carbocycles. The van der Waals surface area contributed by atoms with E-state index in [2.05, 4.69) is 5.32 Å². The lowest BCUT2D eigenvalue weighted by molar-refractivity contribution is -0.116. The van der Waals surface area contributed by atoms with E-state index in [0.29, 0.717) is 28.5 Å². The van der Waals surface area contributed by atoms with E-state index in [4.69, 9.17) is 9.47 Å². The van der Waals surface area contributed by atoms with Crippen molar-refractivity contribution in [2.45, 2.75) is 12.8 Å². The molecule has 1 aromatic heterocycles. The van der Waals surface area contributed by atoms with Gasteiger partial charge in [-0.2, -0.15) is 0 Å². The molecule has 7 heteroatoms. The maximum atomic E-state index is 13.0. The molecule has 0 aliphatic heterocycles. The Morgan fingerprint density at radius 2 is 1.86 bits per heavy atom. The van der Waals surface area contributed by atoms with Crippen LogP contribution in [0.3, 0.4) is 0 Å². The molecule has 0 bridgehead atoms. The van der Waals surface area contributed by atoms with Crippen LogP contribution in [0.2, 0.25) is 0 Å². The number of amides is 1. The van der Waals surface area contributed by atoms with Crippen molar-refractivity contribution in [2.75, 3.05) is 12.4 Å². The van der Waals surface area contributed by atoms with E-state index >= 15 is 0 Å². The second kappa shape index (κ2) is 9.14. The number of nitrogens with one attached hydrogen (secondary N) is 1. The van der Waals surface area contributed by atoms with Gasteiger partial charge in [-0.1, -0.05) is 12.1 Å². The van der Waals surface area contributed by atoms with Crippen LogP contribution in [0.5, 0.6) is 11.5 Å². The van der Waals surface area contributed by atoms with Crippen LogP contribution in [0.4, 0.5) is 9.39 Å². The number of carbonyl (C=O) groups excluding carboxylic acids is 2. The molecule has 1 heterocycles. The zero-order valence-corrected chi connectivity index (χ0v) is 15.9. The average Bonchev–Trinajstić information content (AvgIpc) is 3.16. The monoisotopic (exact) mass is 399 g/mol. The molecule has 0 unspecified atom stereocenters. The van der Waals surface area contributed by atoms with Gasteiger partial charge in [-0.15, -0.1) is 11.3 Å². The van der Waals surface area contributed by atoms with Crippen molar-refractivity contribution in [1.29, 1.82) is 0 Å². The summed E-state index contributed by atoms with van der Waals surface area (Å²) in [6.07, 6.45) is 0.754. The van der Waals surface area contributed by atoms with Gasteiger partial charge in [0, 0.05) is 6.42 Å². The Morgan fingerprint density at radius 3 is 2.61 bits per heavy atom. The van der Waals surface area contributed by atoms with E-state index in [0.717, 1.165) is 5.56 Å². The minimum atomic E-state index is -0.484. The van der Waals surface area contributed by atoms with Gasteiger partial charge in [0.25, 0.3) is 0 Å². The number of carbonyl (C=O) groups is 2. The van der Waals surface area contributed by atoms with Gasteiger partial charge >= 0.3 is 5.97 Å². The largest absolute Gasteiger partial charge is 0.465 e. The van der Waals surface area contributed by atoms with Crippen molar-refractivity contribution in [1.82, 2.24) is 0 Å². The second-order valence-corrected chi connectivity index (χ2v) is 6.82. The molecule has 0 saturated heterocycles. The third-order valence-corrected chi connectivity index (χ3v) is 4.74. The van der Waals surface area contributed by atoms with Crippen LogP contribution in [0.25, 0.3) is 0 Å². The van der Waals surface area contributed by atoms with Gasteiger partial charge in [-0.3, -0.25) is 4.79 Å². The lowest BCUT2D eigenvalue weighted by atomic mass is 10.1. The van der Waals surface area contributed by atoms with Crippen LogP contribution >= 0.6 is 11.3 Å². The number of benzene rings is 2. The number of methoxy groups -OCH3 is 1. The molecule has 3 rings (SSSR count). The van der Waals surface area contributed by atoms with Crippen LogP contribution < -0.4 is 10.1 Å². The summed E-state index contributed by atoms with van der Waals surface area (Å²) in [6.45, 7) is 0. The average molecular weight is 399 g/mol. The maximum absolute atomic E-state index is 13.0. The Hall–Kier alpha value is -3.19. The standard InChI is InChI=1S/C21H18FNO4S/c1-26-21(25)18-11-12-28-20(18)23-19(24)10-5-14-3-2-4-17(13-14)27-16-8-6-15(22)7-9-16/h2-4,6-9,11-13H,5,10H2,1H3,(H,23,24). The van der Waals surface area contributed by atoms with Crippen molar-refractivity contribution in [3.63, 3.8) is 0 Å². The summed E-state index contributed by atoms with van der Waals surface area (Å²) in [5.41, 5.74) is 1.27. The van der Waals surface area contributed by atoms with Gasteiger partial charge < -0.3 is 14.8 Å². The lowest BCUT2D eigenvalue weighted by Crippen LogP contribution is -2.14. The molecule has 0 atom stereocenters. The van der Waals surface area contributed by atoms with Crippen molar-refractivity contribution in [2.24, 2.45) is 0 Å². The number of anilines is 1. The SMILES string of the molecule is COC(=O)c1ccsc1NC(=O)CCc1cccc(Oc2ccc(F)cc2)c1. The van der Waals surface area contributed by atoms with Crippen LogP contribution in [-0.4, -0.2) is 19.0 Å². The fourth-order valence-corrected chi connectivity index (χ4v) is 3.32. The topological polar surface area (TPSA) is 64.6 Å². The van der Waals surface area contributed by atoms with Crippen LogP contribution in [0, 0.1) is 5.82 Å². The Bertz CT molecular complexity index is 969. The highest BCUT2D eigenvalue weighted by atomic mass is 32.1. The van der Waals surface area contributed by atoms with Gasteiger partial charge in [0.2, 0.25) is 5.91 Å². The molecule has 3 aromatic rings. The van der Waals surface area contributed by atoms with Crippen LogP contribution in [0.1, 0.15) is 22.3 Å². The molecule has 0 saturated carbocycles. The van der Waals surface area contributed by atoms with Gasteiger partial charge in [0.1, 0.15) is 22.3 Å². The first-order valence-electron chi connectivity index (χ1n) is 8.53. The Balaban J connectivity index is 1.57. The number of thiophene rings is 1. The van der Waals surface area contributed by atoms with Crippen molar-refractivity contribution in [3.8, 4) is 11.5 Å². The number of esters is 1. The summed E-state index contributed by atoms with van der Waals surface area (Å²) in [5.74, 6) is 0.132. The molecule has 0 aliphatic rings. The molecule has 1 amide bonds. The minimum Gasteiger partial charge on any atom is -0.465 e. The summed E-state index contributed by atoms with van der Waals surface area (Å²) < 4.78 is 23.4. The lowest BCUT2D eigenvalue weighted by Gasteiger charge is -2.08. The molecule has 0 fully saturated rings. The number of ether oxygens (including phenoxy) is 2. The Kier molecular flexibility index (Phi) is 6.39. The Morgan fingerprint density at radius 1 is 1.07 bits per heavy atom. The predicted octanol–water partition coefficient (Wildman–Crippen LogP) is 5.04. The second-order valence-electron chi connectivity index (χ2n) is 5.91. The zero-order valence-electron chi connectivity index (χ0n) is 15.1. The number of halogens is 1. The van der Waals surface area contributed by atoms with Gasteiger partial charge in [0.15, 0.2) is 0 Å². The molecule has 1 N–H and O–H groups in total. The fourth-order valence-electron chi connectivity index (χ4n) is 2.53. The predicted molar refractivity (Wildman–Crippen MR) is 106 cm³/mol. The third-order valence-electron chi connectivity index (χ3n) is 3.91. The molecule has 0 spiro atoms. The highest BCUT2D eigenvalue weighted by Gasteiger charge is 2.15.